The third kappa shape index (κ3) is 4.42. The number of hydrogen-bond donors (Lipinski definition) is 0. The number of benzene rings is 2. The molecule has 0 heterocycles. The zero-order chi connectivity index (χ0) is 16.3. The first-order chi connectivity index (χ1) is 10.4. The molecule has 0 saturated heterocycles. The summed E-state index contributed by atoms with van der Waals surface area (Å²) in [4.78, 5) is 0. The van der Waals surface area contributed by atoms with E-state index in [9.17, 15) is 0 Å². The Morgan fingerprint density at radius 2 is 1.14 bits per heavy atom. The Balaban J connectivity index is 2.27. The van der Waals surface area contributed by atoms with Crippen molar-refractivity contribution in [2.75, 3.05) is 0 Å². The van der Waals surface area contributed by atoms with Gasteiger partial charge in [0.15, 0.2) is 10.3 Å². The van der Waals surface area contributed by atoms with Gasteiger partial charge in [-0.2, -0.15) is 0 Å². The van der Waals surface area contributed by atoms with Crippen LogP contribution in [-0.2, 0) is 0 Å². The van der Waals surface area contributed by atoms with Crippen LogP contribution < -0.4 is 0 Å². The summed E-state index contributed by atoms with van der Waals surface area (Å²) >= 11 is 19.3. The Bertz CT molecular complexity index is 705. The molecule has 0 aliphatic carbocycles. The van der Waals surface area contributed by atoms with Crippen LogP contribution in [0.15, 0.2) is 55.5 Å². The minimum absolute atomic E-state index is 0.294. The smallest absolute Gasteiger partial charge is 0.136 e. The predicted octanol–water partition coefficient (Wildman–Crippen LogP) is 6.41. The molecule has 2 nitrogen and oxygen atoms in total. The van der Waals surface area contributed by atoms with Gasteiger partial charge in [0.25, 0.3) is 0 Å². The second-order valence-electron chi connectivity index (χ2n) is 4.71. The molecule has 0 saturated carbocycles. The van der Waals surface area contributed by atoms with Gasteiger partial charge in [0, 0.05) is 20.1 Å². The van der Waals surface area contributed by atoms with Crippen molar-refractivity contribution in [2.24, 2.45) is 10.2 Å². The zero-order valence-electron chi connectivity index (χ0n) is 11.9. The van der Waals surface area contributed by atoms with Crippen molar-refractivity contribution in [3.8, 4) is 0 Å². The first kappa shape index (κ1) is 17.7. The summed E-state index contributed by atoms with van der Waals surface area (Å²) in [6.07, 6.45) is 0. The third-order valence-electron chi connectivity index (χ3n) is 3.02. The number of nitrogens with zero attached hydrogens (tertiary/aromatic N) is 2. The summed E-state index contributed by atoms with van der Waals surface area (Å²) in [5.41, 5.74) is 3.74. The van der Waals surface area contributed by atoms with Crippen LogP contribution in [0.25, 0.3) is 0 Å². The predicted molar refractivity (Wildman–Crippen MR) is 103 cm³/mol. The van der Waals surface area contributed by atoms with E-state index in [4.69, 9.17) is 23.2 Å². The van der Waals surface area contributed by atoms with Crippen LogP contribution >= 0.6 is 55.1 Å². The van der Waals surface area contributed by atoms with Crippen molar-refractivity contribution in [3.63, 3.8) is 0 Å². The van der Waals surface area contributed by atoms with E-state index in [-0.39, 0.29) is 0 Å². The molecule has 0 radical (unpaired) electrons. The van der Waals surface area contributed by atoms with Crippen LogP contribution in [0.2, 0.25) is 0 Å². The molecule has 6 heteroatoms. The molecule has 2 aromatic carbocycles. The molecule has 114 valence electrons. The molecule has 0 amide bonds. The second kappa shape index (κ2) is 7.73. The Morgan fingerprint density at radius 3 is 1.45 bits per heavy atom. The van der Waals surface area contributed by atoms with Crippen LogP contribution in [0, 0.1) is 13.8 Å². The highest BCUT2D eigenvalue weighted by Crippen LogP contribution is 2.20. The molecule has 0 N–H and O–H groups in total. The number of rotatable bonds is 3. The number of hydrogen-bond acceptors (Lipinski definition) is 2. The molecule has 0 aliphatic heterocycles. The monoisotopic (exact) mass is 460 g/mol. The van der Waals surface area contributed by atoms with E-state index in [2.05, 4.69) is 42.1 Å². The second-order valence-corrected chi connectivity index (χ2v) is 7.13. The minimum atomic E-state index is 0.294. The van der Waals surface area contributed by atoms with Crippen molar-refractivity contribution in [2.45, 2.75) is 13.8 Å². The molecule has 22 heavy (non-hydrogen) atoms. The average Bonchev–Trinajstić information content (AvgIpc) is 2.50. The average molecular weight is 463 g/mol. The van der Waals surface area contributed by atoms with Crippen LogP contribution in [0.3, 0.4) is 0 Å². The van der Waals surface area contributed by atoms with Gasteiger partial charge >= 0.3 is 0 Å². The lowest BCUT2D eigenvalue weighted by Crippen LogP contribution is -1.95. The van der Waals surface area contributed by atoms with Crippen LogP contribution in [0.1, 0.15) is 22.3 Å². The summed E-state index contributed by atoms with van der Waals surface area (Å²) in [5.74, 6) is 0. The van der Waals surface area contributed by atoms with Gasteiger partial charge in [-0.15, -0.1) is 10.2 Å². The number of aryl methyl sites for hydroxylation is 2. The van der Waals surface area contributed by atoms with E-state index in [1.54, 1.807) is 0 Å². The van der Waals surface area contributed by atoms with Crippen LogP contribution in [-0.4, -0.2) is 10.3 Å². The van der Waals surface area contributed by atoms with E-state index in [1.165, 1.54) is 0 Å². The van der Waals surface area contributed by atoms with Crippen molar-refractivity contribution >= 4 is 65.4 Å². The molecule has 0 spiro atoms. The molecule has 0 bridgehead atoms. The largest absolute Gasteiger partial charge is 0.158 e. The van der Waals surface area contributed by atoms with Gasteiger partial charge in [-0.25, -0.2) is 0 Å². The maximum atomic E-state index is 6.18. The van der Waals surface area contributed by atoms with Gasteiger partial charge in [0.05, 0.1) is 0 Å². The topological polar surface area (TPSA) is 24.7 Å². The Kier molecular flexibility index (Phi) is 6.21. The molecule has 2 rings (SSSR count). The van der Waals surface area contributed by atoms with E-state index in [0.717, 1.165) is 31.2 Å². The van der Waals surface area contributed by atoms with Gasteiger partial charge < -0.3 is 0 Å². The van der Waals surface area contributed by atoms with Crippen molar-refractivity contribution in [3.05, 3.63) is 67.6 Å². The third-order valence-corrected chi connectivity index (χ3v) is 5.39. The van der Waals surface area contributed by atoms with Gasteiger partial charge in [-0.1, -0.05) is 67.2 Å². The number of halogens is 4. The summed E-state index contributed by atoms with van der Waals surface area (Å²) in [6, 6.07) is 11.5. The lowest BCUT2D eigenvalue weighted by atomic mass is 10.1. The van der Waals surface area contributed by atoms with E-state index in [0.29, 0.717) is 10.3 Å². The van der Waals surface area contributed by atoms with E-state index < -0.39 is 0 Å². The van der Waals surface area contributed by atoms with Gasteiger partial charge in [0.1, 0.15) is 0 Å². The molecular weight excluding hydrogens is 451 g/mol. The fraction of sp³-hybridized carbons (Fsp3) is 0.125. The van der Waals surface area contributed by atoms with Crippen LogP contribution in [0.4, 0.5) is 0 Å². The van der Waals surface area contributed by atoms with E-state index in [1.807, 2.05) is 50.2 Å². The van der Waals surface area contributed by atoms with Crippen molar-refractivity contribution in [1.82, 2.24) is 0 Å². The fourth-order valence-electron chi connectivity index (χ4n) is 1.75. The Morgan fingerprint density at radius 1 is 0.773 bits per heavy atom. The molecule has 0 aliphatic rings. The lowest BCUT2D eigenvalue weighted by Gasteiger charge is -2.02. The molecule has 0 aromatic heterocycles. The van der Waals surface area contributed by atoms with Gasteiger partial charge in [-0.3, -0.25) is 0 Å². The highest BCUT2D eigenvalue weighted by molar-refractivity contribution is 9.10. The first-order valence-corrected chi connectivity index (χ1v) is 8.72. The Hall–Kier alpha value is -0.680. The quantitative estimate of drug-likeness (QED) is 0.371. The van der Waals surface area contributed by atoms with Gasteiger partial charge in [0.2, 0.25) is 0 Å². The fourth-order valence-corrected chi connectivity index (χ4v) is 2.55. The van der Waals surface area contributed by atoms with Gasteiger partial charge in [-0.05, 0) is 49.2 Å². The molecule has 0 unspecified atom stereocenters. The Labute approximate surface area is 156 Å². The SMILES string of the molecule is Cc1cc(/C(Cl)=N/N=C(\Cl)c2ccc(Br)c(C)c2)ccc1Br. The summed E-state index contributed by atoms with van der Waals surface area (Å²) in [6.45, 7) is 3.97. The highest BCUT2D eigenvalue weighted by Gasteiger charge is 2.05. The maximum absolute atomic E-state index is 6.18. The molecule has 0 atom stereocenters. The first-order valence-electron chi connectivity index (χ1n) is 6.38. The zero-order valence-corrected chi connectivity index (χ0v) is 16.6. The minimum Gasteiger partial charge on any atom is -0.136 e. The molecular formula is C16H12Br2Cl2N2. The highest BCUT2D eigenvalue weighted by atomic mass is 79.9. The van der Waals surface area contributed by atoms with Crippen molar-refractivity contribution < 1.29 is 0 Å². The molecule has 2 aromatic rings. The lowest BCUT2D eigenvalue weighted by molar-refractivity contribution is 1.25. The van der Waals surface area contributed by atoms with E-state index >= 15 is 0 Å². The summed E-state index contributed by atoms with van der Waals surface area (Å²) < 4.78 is 2.04. The maximum Gasteiger partial charge on any atom is 0.158 e. The molecule has 0 fully saturated rings. The van der Waals surface area contributed by atoms with Crippen molar-refractivity contribution in [1.29, 1.82) is 0 Å². The summed E-state index contributed by atoms with van der Waals surface area (Å²) in [5, 5.41) is 8.60. The normalized spacial score (nSPS) is 12.6. The van der Waals surface area contributed by atoms with Crippen LogP contribution in [0.5, 0.6) is 0 Å². The summed E-state index contributed by atoms with van der Waals surface area (Å²) in [7, 11) is 0. The standard InChI is InChI=1S/C16H12Br2Cl2N2/c1-9-7-11(3-5-13(9)17)15(19)21-22-16(20)12-4-6-14(18)10(2)8-12/h3-8H,1-2H3/b21-15-,22-16-.